The maximum atomic E-state index is 13.0. The number of unbranched alkanes of at least 4 members (excludes halogenated alkanes) is 12. The fourth-order valence-electron chi connectivity index (χ4n) is 7.38. The third kappa shape index (κ3) is 20.0. The maximum Gasteiger partial charge on any atom is 0.251 e. The molecule has 1 amide bonds. The predicted octanol–water partition coefficient (Wildman–Crippen LogP) is 10.1. The summed E-state index contributed by atoms with van der Waals surface area (Å²) in [5, 5.41) is 6.56. The summed E-state index contributed by atoms with van der Waals surface area (Å²) in [5.41, 5.74) is 1.05. The van der Waals surface area contributed by atoms with Crippen LogP contribution in [0.15, 0.2) is 58.3 Å². The summed E-state index contributed by atoms with van der Waals surface area (Å²) >= 11 is 0. The summed E-state index contributed by atoms with van der Waals surface area (Å²) < 4.78 is 61.0. The van der Waals surface area contributed by atoms with Gasteiger partial charge < -0.3 is 10.1 Å². The first kappa shape index (κ1) is 53.5. The molecule has 0 saturated heterocycles. The quantitative estimate of drug-likeness (QED) is 0.0388. The van der Waals surface area contributed by atoms with Crippen molar-refractivity contribution in [1.82, 2.24) is 19.2 Å². The molecular weight excluding hydrogens is 797 g/mol. The fraction of sp³-hybridized carbons (Fsp3) is 0.702. The van der Waals surface area contributed by atoms with Crippen molar-refractivity contribution in [3.05, 3.63) is 59.7 Å². The van der Waals surface area contributed by atoms with E-state index >= 15 is 0 Å². The number of carbonyl (C=O) groups excluding carboxylic acids is 2. The molecule has 0 aliphatic rings. The fourth-order valence-corrected chi connectivity index (χ4v) is 10.6. The molecule has 0 aromatic heterocycles. The highest BCUT2D eigenvalue weighted by Gasteiger charge is 2.24. The van der Waals surface area contributed by atoms with E-state index in [1.807, 2.05) is 34.6 Å². The lowest BCUT2D eigenvalue weighted by Crippen LogP contribution is -2.32. The van der Waals surface area contributed by atoms with Crippen molar-refractivity contribution in [3.63, 3.8) is 0 Å². The van der Waals surface area contributed by atoms with Gasteiger partial charge in [0.15, 0.2) is 5.78 Å². The Hall–Kier alpha value is -2.68. The third-order valence-electron chi connectivity index (χ3n) is 10.7. The minimum atomic E-state index is -3.55. The molecule has 0 aliphatic carbocycles. The summed E-state index contributed by atoms with van der Waals surface area (Å²) in [7, 11) is -7.10. The normalized spacial score (nSPS) is 12.7. The van der Waals surface area contributed by atoms with E-state index in [4.69, 9.17) is 4.74 Å². The molecule has 0 spiro atoms. The second-order valence-electron chi connectivity index (χ2n) is 15.9. The highest BCUT2D eigenvalue weighted by atomic mass is 32.2. The van der Waals surface area contributed by atoms with E-state index < -0.39 is 20.0 Å². The average molecular weight is 877 g/mol. The number of rotatable bonds is 37. The Morgan fingerprint density at radius 1 is 0.533 bits per heavy atom. The Balaban J connectivity index is 1.49. The Bertz CT molecular complexity index is 1660. The van der Waals surface area contributed by atoms with E-state index in [2.05, 4.69) is 10.6 Å². The summed E-state index contributed by atoms with van der Waals surface area (Å²) in [6.45, 7) is 14.1. The highest BCUT2D eigenvalue weighted by Crippen LogP contribution is 2.20. The molecule has 342 valence electrons. The number of amides is 1. The van der Waals surface area contributed by atoms with Crippen molar-refractivity contribution in [1.29, 1.82) is 0 Å². The summed E-state index contributed by atoms with van der Waals surface area (Å²) in [6, 6.07) is 12.7. The second-order valence-corrected chi connectivity index (χ2v) is 19.8. The first-order valence-corrected chi connectivity index (χ1v) is 26.2. The number of nitrogens with one attached hydrogen (secondary N) is 2. The number of nitrogens with zero attached hydrogens (tertiary/aromatic N) is 2. The van der Waals surface area contributed by atoms with Gasteiger partial charge in [-0.05, 0) is 108 Å². The molecule has 0 saturated carbocycles. The summed E-state index contributed by atoms with van der Waals surface area (Å²) in [6.07, 6.45) is 20.1. The molecule has 0 radical (unpaired) electrons. The summed E-state index contributed by atoms with van der Waals surface area (Å²) in [5.74, 6) is -0.104. The van der Waals surface area contributed by atoms with Crippen molar-refractivity contribution < 1.29 is 31.2 Å². The van der Waals surface area contributed by atoms with Gasteiger partial charge in [-0.1, -0.05) is 104 Å². The minimum Gasteiger partial charge on any atom is -0.364 e. The van der Waals surface area contributed by atoms with Crippen molar-refractivity contribution in [3.8, 4) is 0 Å². The molecule has 0 fully saturated rings. The van der Waals surface area contributed by atoms with Gasteiger partial charge in [0, 0.05) is 56.9 Å². The Morgan fingerprint density at radius 2 is 0.933 bits per heavy atom. The second kappa shape index (κ2) is 31.2. The first-order chi connectivity index (χ1) is 29.0. The predicted molar refractivity (Wildman–Crippen MR) is 246 cm³/mol. The monoisotopic (exact) mass is 877 g/mol. The molecule has 2 aromatic rings. The average Bonchev–Trinajstić information content (AvgIpc) is 3.24. The van der Waals surface area contributed by atoms with Crippen LogP contribution in [0.5, 0.6) is 0 Å². The van der Waals surface area contributed by atoms with Gasteiger partial charge >= 0.3 is 0 Å². The number of Topliss-reactive ketones (excluding diaryl/α,β-unsaturated/α-hetero) is 1. The van der Waals surface area contributed by atoms with E-state index in [0.29, 0.717) is 56.9 Å². The minimum absolute atomic E-state index is 0.0646. The Morgan fingerprint density at radius 3 is 1.38 bits per heavy atom. The SMILES string of the molecule is CCCN(CCC)S(=O)(=O)c1ccc(C(=O)CCCCCCCNC(CCCCCCCCCCCNC(=O)c2ccc(S(=O)(=O)N(CCC)CCC)cc2)OCC)cc1. The van der Waals surface area contributed by atoms with Gasteiger partial charge in [-0.2, -0.15) is 8.61 Å². The van der Waals surface area contributed by atoms with Crippen LogP contribution in [0.25, 0.3) is 0 Å². The number of sulfonamides is 2. The Labute approximate surface area is 365 Å². The highest BCUT2D eigenvalue weighted by molar-refractivity contribution is 7.89. The van der Waals surface area contributed by atoms with Gasteiger partial charge in [0.1, 0.15) is 6.23 Å². The van der Waals surface area contributed by atoms with Crippen molar-refractivity contribution in [2.75, 3.05) is 45.9 Å². The molecule has 1 atom stereocenters. The molecule has 2 aromatic carbocycles. The molecule has 60 heavy (non-hydrogen) atoms. The molecule has 0 bridgehead atoms. The van der Waals surface area contributed by atoms with Crippen LogP contribution in [0.1, 0.15) is 184 Å². The smallest absolute Gasteiger partial charge is 0.251 e. The zero-order chi connectivity index (χ0) is 44.1. The topological polar surface area (TPSA) is 142 Å². The number of hydrogen-bond donors (Lipinski definition) is 2. The van der Waals surface area contributed by atoms with Crippen molar-refractivity contribution in [2.45, 2.75) is 179 Å². The zero-order valence-corrected chi connectivity index (χ0v) is 39.5. The number of ketones is 1. The summed E-state index contributed by atoms with van der Waals surface area (Å²) in [4.78, 5) is 25.8. The number of hydrogen-bond acceptors (Lipinski definition) is 8. The molecule has 2 N–H and O–H groups in total. The van der Waals surface area contributed by atoms with Crippen LogP contribution in [0.2, 0.25) is 0 Å². The van der Waals surface area contributed by atoms with Crippen LogP contribution < -0.4 is 10.6 Å². The van der Waals surface area contributed by atoms with Crippen LogP contribution in [0, 0.1) is 0 Å². The van der Waals surface area contributed by atoms with Crippen LogP contribution in [-0.2, 0) is 24.8 Å². The van der Waals surface area contributed by atoms with Crippen LogP contribution in [-0.4, -0.2) is 89.2 Å². The third-order valence-corrected chi connectivity index (χ3v) is 14.5. The number of benzene rings is 2. The van der Waals surface area contributed by atoms with Crippen LogP contribution >= 0.6 is 0 Å². The van der Waals surface area contributed by atoms with E-state index in [1.54, 1.807) is 36.4 Å². The molecule has 11 nitrogen and oxygen atoms in total. The Kier molecular flexibility index (Phi) is 27.8. The molecule has 0 heterocycles. The van der Waals surface area contributed by atoms with Crippen LogP contribution in [0.3, 0.4) is 0 Å². The van der Waals surface area contributed by atoms with Gasteiger partial charge in [0.25, 0.3) is 5.91 Å². The maximum absolute atomic E-state index is 13.0. The lowest BCUT2D eigenvalue weighted by molar-refractivity contribution is 0.0304. The van der Waals surface area contributed by atoms with Gasteiger partial charge in [0.05, 0.1) is 9.79 Å². The van der Waals surface area contributed by atoms with Crippen molar-refractivity contribution in [2.24, 2.45) is 0 Å². The van der Waals surface area contributed by atoms with E-state index in [0.717, 1.165) is 96.4 Å². The number of ether oxygens (including phenoxy) is 1. The molecule has 13 heteroatoms. The van der Waals surface area contributed by atoms with Gasteiger partial charge in [-0.15, -0.1) is 0 Å². The first-order valence-electron chi connectivity index (χ1n) is 23.3. The van der Waals surface area contributed by atoms with Gasteiger partial charge in [-0.25, -0.2) is 16.8 Å². The van der Waals surface area contributed by atoms with E-state index in [1.165, 1.54) is 52.8 Å². The van der Waals surface area contributed by atoms with Crippen LogP contribution in [0.4, 0.5) is 0 Å². The lowest BCUT2D eigenvalue weighted by Gasteiger charge is -2.21. The van der Waals surface area contributed by atoms with Gasteiger partial charge in [0.2, 0.25) is 20.0 Å². The van der Waals surface area contributed by atoms with E-state index in [9.17, 15) is 26.4 Å². The molecule has 2 rings (SSSR count). The largest absolute Gasteiger partial charge is 0.364 e. The molecule has 0 aliphatic heterocycles. The van der Waals surface area contributed by atoms with E-state index in [-0.39, 0.29) is 27.7 Å². The molecular formula is C47H80N4O7S2. The zero-order valence-electron chi connectivity index (χ0n) is 37.9. The lowest BCUT2D eigenvalue weighted by atomic mass is 10.0. The van der Waals surface area contributed by atoms with Crippen molar-refractivity contribution >= 4 is 31.7 Å². The standard InChI is InChI=1S/C47H80N4O7S2/c1-6-37-50(38-7-2)59(54,55)43-31-27-41(28-32-43)45(52)25-21-17-16-20-23-35-48-46(58-10-5)26-22-18-14-12-11-13-15-19-24-36-49-47(53)42-29-33-44(34-30-42)60(56,57)51(39-8-3)40-9-4/h27-34,46,48H,6-26,35-40H2,1-5H3,(H,49,53). The molecule has 1 unspecified atom stereocenters. The van der Waals surface area contributed by atoms with Gasteiger partial charge in [-0.3, -0.25) is 14.9 Å². The number of carbonyl (C=O) groups is 2.